The smallest absolute Gasteiger partial charge is 0.276 e. The van der Waals surface area contributed by atoms with E-state index in [2.05, 4.69) is 0 Å². The van der Waals surface area contributed by atoms with Crippen LogP contribution in [0.1, 0.15) is 5.56 Å². The molecule has 1 aromatic heterocycles. The highest BCUT2D eigenvalue weighted by atomic mass is 32.1. The van der Waals surface area contributed by atoms with E-state index in [0.717, 1.165) is 0 Å². The van der Waals surface area contributed by atoms with Gasteiger partial charge in [0.05, 0.1) is 5.69 Å². The minimum atomic E-state index is -0.512. The van der Waals surface area contributed by atoms with E-state index in [1.165, 1.54) is 15.3 Å². The van der Waals surface area contributed by atoms with E-state index in [9.17, 15) is 15.3 Å². The minimum Gasteiger partial charge on any atom is -0.381 e. The molecule has 0 saturated carbocycles. The Morgan fingerprint density at radius 2 is 1.91 bits per heavy atom. The van der Waals surface area contributed by atoms with Crippen molar-refractivity contribution in [3.8, 4) is 17.8 Å². The summed E-state index contributed by atoms with van der Waals surface area (Å²) in [5.74, 6) is 0. The van der Waals surface area contributed by atoms with Gasteiger partial charge >= 0.3 is 0 Å². The number of aromatic nitrogens is 2. The van der Waals surface area contributed by atoms with Gasteiger partial charge in [-0.2, -0.15) is 10.5 Å². The van der Waals surface area contributed by atoms with E-state index in [0.29, 0.717) is 5.69 Å². The first-order valence-corrected chi connectivity index (χ1v) is 7.03. The summed E-state index contributed by atoms with van der Waals surface area (Å²) >= 11 is 5.37. The predicted molar refractivity (Wildman–Crippen MR) is 89.2 cm³/mol. The monoisotopic (exact) mass is 323 g/mol. The van der Waals surface area contributed by atoms with Crippen LogP contribution in [0, 0.1) is 27.4 Å². The summed E-state index contributed by atoms with van der Waals surface area (Å²) in [4.78, 5) is 14.1. The van der Waals surface area contributed by atoms with Crippen LogP contribution in [0.3, 0.4) is 0 Å². The summed E-state index contributed by atoms with van der Waals surface area (Å²) in [6, 6.07) is 12.7. The summed E-state index contributed by atoms with van der Waals surface area (Å²) in [6.07, 6.45) is 2.86. The molecule has 0 radical (unpaired) electrons. The molecule has 6 nitrogen and oxygen atoms in total. The second kappa shape index (κ2) is 6.73. The standard InChI is InChI=1S/C16H13N5OS/c1-19(2)11-14(9-18)20-10-12(8-17)15(22)21(16(20)23)13-6-4-3-5-7-13/h3-7,10-11H,1-2H3/b14-11-. The molecule has 0 spiro atoms. The molecule has 0 amide bonds. The normalized spacial score (nSPS) is 10.7. The number of allylic oxidation sites excluding steroid dienone is 1. The van der Waals surface area contributed by atoms with Gasteiger partial charge in [0, 0.05) is 26.5 Å². The van der Waals surface area contributed by atoms with Crippen molar-refractivity contribution in [1.29, 1.82) is 10.5 Å². The Bertz CT molecular complexity index is 955. The van der Waals surface area contributed by atoms with Gasteiger partial charge in [-0.1, -0.05) is 18.2 Å². The number of hydrogen-bond acceptors (Lipinski definition) is 5. The number of nitriles is 2. The average molecular weight is 323 g/mol. The van der Waals surface area contributed by atoms with E-state index in [4.69, 9.17) is 12.2 Å². The van der Waals surface area contributed by atoms with Crippen LogP contribution < -0.4 is 5.56 Å². The van der Waals surface area contributed by atoms with Gasteiger partial charge in [-0.3, -0.25) is 13.9 Å². The van der Waals surface area contributed by atoms with Gasteiger partial charge in [-0.25, -0.2) is 0 Å². The fourth-order valence-electron chi connectivity index (χ4n) is 2.00. The molecule has 114 valence electrons. The number of para-hydroxylation sites is 1. The molecule has 0 fully saturated rings. The van der Waals surface area contributed by atoms with E-state index in [1.807, 2.05) is 18.2 Å². The lowest BCUT2D eigenvalue weighted by atomic mass is 10.3. The molecule has 0 aliphatic carbocycles. The fourth-order valence-corrected chi connectivity index (χ4v) is 2.34. The molecule has 7 heteroatoms. The van der Waals surface area contributed by atoms with Crippen LogP contribution in [0.15, 0.2) is 47.5 Å². The molecular formula is C16H13N5OS. The highest BCUT2D eigenvalue weighted by Crippen LogP contribution is 2.11. The molecule has 0 atom stereocenters. The average Bonchev–Trinajstić information content (AvgIpc) is 2.54. The van der Waals surface area contributed by atoms with Gasteiger partial charge in [0.15, 0.2) is 4.77 Å². The predicted octanol–water partition coefficient (Wildman–Crippen LogP) is 2.12. The van der Waals surface area contributed by atoms with Crippen molar-refractivity contribution < 1.29 is 0 Å². The van der Waals surface area contributed by atoms with Crippen LogP contribution in [0.25, 0.3) is 11.4 Å². The lowest BCUT2D eigenvalue weighted by Crippen LogP contribution is -2.26. The molecule has 0 saturated heterocycles. The van der Waals surface area contributed by atoms with Crippen molar-refractivity contribution in [2.24, 2.45) is 0 Å². The third kappa shape index (κ3) is 3.20. The first-order chi connectivity index (χ1) is 11.0. The topological polar surface area (TPSA) is 77.8 Å². The summed E-state index contributed by atoms with van der Waals surface area (Å²) in [5, 5.41) is 18.6. The molecule has 1 heterocycles. The molecule has 0 aliphatic rings. The molecule has 0 bridgehead atoms. The Labute approximate surface area is 138 Å². The number of rotatable bonds is 3. The van der Waals surface area contributed by atoms with Crippen molar-refractivity contribution in [3.05, 3.63) is 63.4 Å². The first kappa shape index (κ1) is 16.2. The van der Waals surface area contributed by atoms with Crippen molar-refractivity contribution in [2.75, 3.05) is 14.1 Å². The Morgan fingerprint density at radius 1 is 1.26 bits per heavy atom. The number of benzene rings is 1. The maximum Gasteiger partial charge on any atom is 0.276 e. The fraction of sp³-hybridized carbons (Fsp3) is 0.125. The summed E-state index contributed by atoms with van der Waals surface area (Å²) in [7, 11) is 3.53. The van der Waals surface area contributed by atoms with Gasteiger partial charge < -0.3 is 4.90 Å². The molecule has 0 aliphatic heterocycles. The second-order valence-electron chi connectivity index (χ2n) is 4.87. The van der Waals surface area contributed by atoms with Crippen LogP contribution in [0.4, 0.5) is 0 Å². The third-order valence-electron chi connectivity index (χ3n) is 2.98. The van der Waals surface area contributed by atoms with Crippen LogP contribution >= 0.6 is 12.2 Å². The minimum absolute atomic E-state index is 0.0950. The van der Waals surface area contributed by atoms with Crippen LogP contribution in [-0.2, 0) is 0 Å². The van der Waals surface area contributed by atoms with E-state index >= 15 is 0 Å². The Balaban J connectivity index is 2.89. The van der Waals surface area contributed by atoms with Crippen LogP contribution in [-0.4, -0.2) is 28.1 Å². The quantitative estimate of drug-likeness (QED) is 0.639. The maximum atomic E-state index is 12.5. The zero-order valence-electron chi connectivity index (χ0n) is 12.6. The van der Waals surface area contributed by atoms with Gasteiger partial charge in [0.2, 0.25) is 0 Å². The molecule has 0 unspecified atom stereocenters. The van der Waals surface area contributed by atoms with Crippen molar-refractivity contribution in [1.82, 2.24) is 14.0 Å². The summed E-state index contributed by atoms with van der Waals surface area (Å²) in [6.45, 7) is 0. The lowest BCUT2D eigenvalue weighted by Gasteiger charge is -2.13. The van der Waals surface area contributed by atoms with E-state index in [1.54, 1.807) is 49.5 Å². The Morgan fingerprint density at radius 3 is 2.43 bits per heavy atom. The van der Waals surface area contributed by atoms with Gasteiger partial charge in [0.1, 0.15) is 23.4 Å². The number of nitrogens with zero attached hydrogens (tertiary/aromatic N) is 5. The van der Waals surface area contributed by atoms with E-state index in [-0.39, 0.29) is 16.0 Å². The highest BCUT2D eigenvalue weighted by molar-refractivity contribution is 7.71. The van der Waals surface area contributed by atoms with Crippen molar-refractivity contribution >= 4 is 17.9 Å². The summed E-state index contributed by atoms with van der Waals surface area (Å²) < 4.78 is 2.73. The summed E-state index contributed by atoms with van der Waals surface area (Å²) in [5.41, 5.74) is 0.140. The second-order valence-corrected chi connectivity index (χ2v) is 5.24. The molecule has 2 aromatic rings. The third-order valence-corrected chi connectivity index (χ3v) is 3.36. The molecule has 1 aromatic carbocycles. The van der Waals surface area contributed by atoms with Gasteiger partial charge in [-0.05, 0) is 24.4 Å². The maximum absolute atomic E-state index is 12.5. The van der Waals surface area contributed by atoms with Gasteiger partial charge in [0.25, 0.3) is 5.56 Å². The molecule has 2 rings (SSSR count). The molecule has 0 N–H and O–H groups in total. The van der Waals surface area contributed by atoms with Crippen LogP contribution in [0.5, 0.6) is 0 Å². The zero-order chi connectivity index (χ0) is 17.0. The first-order valence-electron chi connectivity index (χ1n) is 6.62. The molecular weight excluding hydrogens is 310 g/mol. The Hall–Kier alpha value is -3.16. The van der Waals surface area contributed by atoms with E-state index < -0.39 is 5.56 Å². The number of hydrogen-bond donors (Lipinski definition) is 0. The largest absolute Gasteiger partial charge is 0.381 e. The lowest BCUT2D eigenvalue weighted by molar-refractivity contribution is 0.563. The van der Waals surface area contributed by atoms with Crippen molar-refractivity contribution in [3.63, 3.8) is 0 Å². The zero-order valence-corrected chi connectivity index (χ0v) is 13.4. The SMILES string of the molecule is CN(C)/C=C(/C#N)n1cc(C#N)c(=O)n(-c2ccccc2)c1=S. The highest BCUT2D eigenvalue weighted by Gasteiger charge is 2.13. The molecule has 23 heavy (non-hydrogen) atoms. The van der Waals surface area contributed by atoms with Gasteiger partial charge in [-0.15, -0.1) is 0 Å². The Kier molecular flexibility index (Phi) is 4.75. The van der Waals surface area contributed by atoms with Crippen molar-refractivity contribution in [2.45, 2.75) is 0 Å². The van der Waals surface area contributed by atoms with Crippen LogP contribution in [0.2, 0.25) is 0 Å².